The molecule has 1 aromatic heterocycles. The van der Waals surface area contributed by atoms with Crippen LogP contribution in [0.2, 0.25) is 0 Å². The van der Waals surface area contributed by atoms with E-state index in [2.05, 4.69) is 14.7 Å². The zero-order chi connectivity index (χ0) is 20.3. The summed E-state index contributed by atoms with van der Waals surface area (Å²) in [5.41, 5.74) is 0.187. The van der Waals surface area contributed by atoms with E-state index in [4.69, 9.17) is 9.47 Å². The summed E-state index contributed by atoms with van der Waals surface area (Å²) in [6.45, 7) is -1.47. The summed E-state index contributed by atoms with van der Waals surface area (Å²) in [6.07, 6.45) is -0.854. The average molecular weight is 390 g/mol. The molecule has 0 aliphatic carbocycles. The number of carbonyl (C=O) groups is 1. The smallest absolute Gasteiger partial charge is 0.387 e. The van der Waals surface area contributed by atoms with E-state index in [-0.39, 0.29) is 28.4 Å². The first kappa shape index (κ1) is 19.3. The van der Waals surface area contributed by atoms with E-state index in [1.165, 1.54) is 25.3 Å². The van der Waals surface area contributed by atoms with Gasteiger partial charge in [0.2, 0.25) is 0 Å². The van der Waals surface area contributed by atoms with Crippen molar-refractivity contribution in [2.45, 2.75) is 19.6 Å². The third-order valence-corrected chi connectivity index (χ3v) is 3.92. The number of fused-ring (bicyclic) bond motifs is 1. The highest BCUT2D eigenvalue weighted by atomic mass is 19.3. The molecule has 28 heavy (non-hydrogen) atoms. The van der Waals surface area contributed by atoms with Crippen molar-refractivity contribution in [3.8, 4) is 11.5 Å². The number of hydrogen-bond acceptors (Lipinski definition) is 6. The minimum absolute atomic E-state index is 0.0420. The van der Waals surface area contributed by atoms with Gasteiger partial charge in [-0.1, -0.05) is 12.1 Å². The largest absolute Gasteiger partial charge is 0.493 e. The van der Waals surface area contributed by atoms with E-state index < -0.39 is 18.7 Å². The van der Waals surface area contributed by atoms with Crippen LogP contribution in [0.1, 0.15) is 29.2 Å². The molecule has 0 spiro atoms. The third-order valence-electron chi connectivity index (χ3n) is 3.92. The molecule has 0 saturated carbocycles. The van der Waals surface area contributed by atoms with Gasteiger partial charge in [-0.05, 0) is 37.3 Å². The van der Waals surface area contributed by atoms with Gasteiger partial charge in [-0.2, -0.15) is 8.78 Å². The van der Waals surface area contributed by atoms with Crippen molar-refractivity contribution in [1.29, 1.82) is 0 Å². The molecule has 9 heteroatoms. The Bertz CT molecular complexity index is 1070. The second-order valence-electron chi connectivity index (χ2n) is 5.76. The van der Waals surface area contributed by atoms with Crippen LogP contribution < -0.4 is 15.0 Å². The van der Waals surface area contributed by atoms with Crippen LogP contribution in [0, 0.1) is 0 Å². The summed E-state index contributed by atoms with van der Waals surface area (Å²) in [4.78, 5) is 31.4. The number of H-pyrrole nitrogens is 1. The van der Waals surface area contributed by atoms with Crippen molar-refractivity contribution in [3.63, 3.8) is 0 Å². The van der Waals surface area contributed by atoms with Crippen LogP contribution in [0.5, 0.6) is 11.5 Å². The second-order valence-corrected chi connectivity index (χ2v) is 5.76. The highest BCUT2D eigenvalue weighted by molar-refractivity contribution is 5.90. The molecule has 7 nitrogen and oxygen atoms in total. The van der Waals surface area contributed by atoms with Gasteiger partial charge in [0, 0.05) is 0 Å². The molecule has 2 aromatic carbocycles. The maximum atomic E-state index is 12.4. The van der Waals surface area contributed by atoms with Crippen LogP contribution in [0.4, 0.5) is 8.78 Å². The highest BCUT2D eigenvalue weighted by Gasteiger charge is 2.19. The summed E-state index contributed by atoms with van der Waals surface area (Å²) in [7, 11) is 1.26. The number of carbonyl (C=O) groups excluding carboxylic acids is 1. The number of aromatic amines is 1. The maximum absolute atomic E-state index is 12.4. The summed E-state index contributed by atoms with van der Waals surface area (Å²) in [6, 6.07) is 10.4. The molecule has 3 aromatic rings. The normalized spacial score (nSPS) is 12.0. The van der Waals surface area contributed by atoms with Crippen LogP contribution in [0.25, 0.3) is 10.9 Å². The molecular formula is C19H16F2N2O5. The molecule has 0 aliphatic rings. The third kappa shape index (κ3) is 4.08. The van der Waals surface area contributed by atoms with Gasteiger partial charge in [0.05, 0.1) is 23.6 Å². The van der Waals surface area contributed by atoms with E-state index >= 15 is 0 Å². The van der Waals surface area contributed by atoms with Crippen molar-refractivity contribution in [3.05, 3.63) is 64.2 Å². The maximum Gasteiger partial charge on any atom is 0.387 e. The fourth-order valence-electron chi connectivity index (χ4n) is 2.57. The average Bonchev–Trinajstić information content (AvgIpc) is 2.67. The predicted molar refractivity (Wildman–Crippen MR) is 95.8 cm³/mol. The molecule has 1 unspecified atom stereocenters. The Labute approximate surface area is 157 Å². The Morgan fingerprint density at radius 3 is 2.61 bits per heavy atom. The standard InChI is InChI=1S/C19H16F2N2O5/c1-10(16-22-13-6-4-3-5-12(13)17(24)23-16)27-18(25)11-7-8-14(28-19(20)21)15(9-11)26-2/h3-10,19H,1-2H3,(H,22,23,24). The zero-order valence-corrected chi connectivity index (χ0v) is 14.9. The number of esters is 1. The summed E-state index contributed by atoms with van der Waals surface area (Å²) in [5, 5.41) is 0.420. The predicted octanol–water partition coefficient (Wildman–Crippen LogP) is 3.45. The van der Waals surface area contributed by atoms with Gasteiger partial charge < -0.3 is 19.2 Å². The number of benzene rings is 2. The van der Waals surface area contributed by atoms with Crippen LogP contribution in [0.15, 0.2) is 47.3 Å². The number of para-hydroxylation sites is 1. The molecule has 0 fully saturated rings. The number of rotatable bonds is 6. The summed E-state index contributed by atoms with van der Waals surface area (Å²) >= 11 is 0. The number of aromatic nitrogens is 2. The minimum atomic E-state index is -3.03. The van der Waals surface area contributed by atoms with Crippen LogP contribution >= 0.6 is 0 Å². The van der Waals surface area contributed by atoms with Crippen LogP contribution in [-0.2, 0) is 4.74 Å². The number of halogens is 2. The van der Waals surface area contributed by atoms with E-state index in [9.17, 15) is 18.4 Å². The first-order chi connectivity index (χ1) is 13.4. The van der Waals surface area contributed by atoms with Crippen LogP contribution in [0.3, 0.4) is 0 Å². The molecule has 0 radical (unpaired) electrons. The van der Waals surface area contributed by atoms with Gasteiger partial charge >= 0.3 is 12.6 Å². The fourth-order valence-corrected chi connectivity index (χ4v) is 2.57. The number of hydrogen-bond donors (Lipinski definition) is 1. The molecule has 3 rings (SSSR count). The Balaban J connectivity index is 1.82. The Hall–Kier alpha value is -3.49. The lowest BCUT2D eigenvalue weighted by Gasteiger charge is -2.14. The Kier molecular flexibility index (Phi) is 5.53. The quantitative estimate of drug-likeness (QED) is 0.649. The number of methoxy groups -OCH3 is 1. The molecule has 1 heterocycles. The second kappa shape index (κ2) is 8.03. The molecule has 0 aliphatic heterocycles. The van der Waals surface area contributed by atoms with Crippen molar-refractivity contribution in [2.24, 2.45) is 0 Å². The Morgan fingerprint density at radius 2 is 1.89 bits per heavy atom. The molecule has 0 amide bonds. The van der Waals surface area contributed by atoms with Gasteiger partial charge in [-0.25, -0.2) is 9.78 Å². The van der Waals surface area contributed by atoms with E-state index in [1.807, 2.05) is 0 Å². The minimum Gasteiger partial charge on any atom is -0.493 e. The summed E-state index contributed by atoms with van der Waals surface area (Å²) < 4.78 is 39.4. The SMILES string of the molecule is COc1cc(C(=O)OC(C)c2nc3ccccc3c(=O)[nH]2)ccc1OC(F)F. The Morgan fingerprint density at radius 1 is 1.14 bits per heavy atom. The van der Waals surface area contributed by atoms with Crippen molar-refractivity contribution in [2.75, 3.05) is 7.11 Å². The number of ether oxygens (including phenoxy) is 3. The molecule has 0 saturated heterocycles. The fraction of sp³-hybridized carbons (Fsp3) is 0.211. The molecule has 0 bridgehead atoms. The van der Waals surface area contributed by atoms with Crippen molar-refractivity contribution < 1.29 is 27.8 Å². The van der Waals surface area contributed by atoms with Gasteiger partial charge in [0.1, 0.15) is 0 Å². The number of alkyl halides is 2. The van der Waals surface area contributed by atoms with Crippen molar-refractivity contribution >= 4 is 16.9 Å². The summed E-state index contributed by atoms with van der Waals surface area (Å²) in [5.74, 6) is -0.811. The van der Waals surface area contributed by atoms with E-state index in [0.29, 0.717) is 10.9 Å². The highest BCUT2D eigenvalue weighted by Crippen LogP contribution is 2.30. The molecule has 146 valence electrons. The lowest BCUT2D eigenvalue weighted by Crippen LogP contribution is -2.17. The lowest BCUT2D eigenvalue weighted by atomic mass is 10.2. The van der Waals surface area contributed by atoms with Gasteiger partial charge in [-0.15, -0.1) is 0 Å². The lowest BCUT2D eigenvalue weighted by molar-refractivity contribution is -0.0512. The topological polar surface area (TPSA) is 90.5 Å². The first-order valence-corrected chi connectivity index (χ1v) is 8.22. The van der Waals surface area contributed by atoms with Gasteiger partial charge in [0.15, 0.2) is 23.4 Å². The molecule has 1 N–H and O–H groups in total. The van der Waals surface area contributed by atoms with Crippen LogP contribution in [-0.4, -0.2) is 29.7 Å². The monoisotopic (exact) mass is 390 g/mol. The molecule has 1 atom stereocenters. The van der Waals surface area contributed by atoms with E-state index in [0.717, 1.165) is 0 Å². The van der Waals surface area contributed by atoms with Gasteiger partial charge in [-0.3, -0.25) is 4.79 Å². The first-order valence-electron chi connectivity index (χ1n) is 8.22. The zero-order valence-electron chi connectivity index (χ0n) is 14.9. The number of nitrogens with one attached hydrogen (secondary N) is 1. The van der Waals surface area contributed by atoms with Gasteiger partial charge in [0.25, 0.3) is 5.56 Å². The molecular weight excluding hydrogens is 374 g/mol. The van der Waals surface area contributed by atoms with Crippen molar-refractivity contribution in [1.82, 2.24) is 9.97 Å². The van der Waals surface area contributed by atoms with E-state index in [1.54, 1.807) is 31.2 Å². The number of nitrogens with zero attached hydrogens (tertiary/aromatic N) is 1.